The first kappa shape index (κ1) is 12.9. The van der Waals surface area contributed by atoms with Gasteiger partial charge >= 0.3 is 0 Å². The molecule has 0 aromatic heterocycles. The SMILES string of the molecule is NC1=C(c2cccc(Cl)c2)C(=O)C(c2ccccc2)C1. The first-order valence-electron chi connectivity index (χ1n) is 6.50. The maximum atomic E-state index is 12.6. The van der Waals surface area contributed by atoms with Crippen molar-refractivity contribution in [1.82, 2.24) is 0 Å². The summed E-state index contributed by atoms with van der Waals surface area (Å²) in [6, 6.07) is 17.0. The molecule has 0 spiro atoms. The zero-order valence-corrected chi connectivity index (χ0v) is 11.6. The van der Waals surface area contributed by atoms with Crippen molar-refractivity contribution in [3.8, 4) is 0 Å². The highest BCUT2D eigenvalue weighted by Gasteiger charge is 2.33. The molecule has 2 aromatic rings. The van der Waals surface area contributed by atoms with Crippen LogP contribution in [0.2, 0.25) is 5.02 Å². The Morgan fingerprint density at radius 1 is 1.05 bits per heavy atom. The van der Waals surface area contributed by atoms with Gasteiger partial charge in [-0.15, -0.1) is 0 Å². The summed E-state index contributed by atoms with van der Waals surface area (Å²) >= 11 is 6.00. The van der Waals surface area contributed by atoms with E-state index in [0.717, 1.165) is 11.1 Å². The minimum Gasteiger partial charge on any atom is -0.401 e. The van der Waals surface area contributed by atoms with Crippen molar-refractivity contribution in [2.75, 3.05) is 0 Å². The fraction of sp³-hybridized carbons (Fsp3) is 0.118. The van der Waals surface area contributed by atoms with Gasteiger partial charge in [0, 0.05) is 22.7 Å². The van der Waals surface area contributed by atoms with E-state index in [4.69, 9.17) is 17.3 Å². The van der Waals surface area contributed by atoms with Gasteiger partial charge in [0.25, 0.3) is 0 Å². The van der Waals surface area contributed by atoms with E-state index in [1.54, 1.807) is 12.1 Å². The number of carbonyl (C=O) groups is 1. The van der Waals surface area contributed by atoms with E-state index in [-0.39, 0.29) is 11.7 Å². The molecule has 1 aliphatic carbocycles. The van der Waals surface area contributed by atoms with Gasteiger partial charge in [-0.2, -0.15) is 0 Å². The van der Waals surface area contributed by atoms with Crippen molar-refractivity contribution in [3.63, 3.8) is 0 Å². The molecule has 100 valence electrons. The van der Waals surface area contributed by atoms with Crippen LogP contribution in [0.4, 0.5) is 0 Å². The van der Waals surface area contributed by atoms with Gasteiger partial charge in [-0.3, -0.25) is 4.79 Å². The van der Waals surface area contributed by atoms with Crippen molar-refractivity contribution in [2.24, 2.45) is 5.73 Å². The van der Waals surface area contributed by atoms with Crippen LogP contribution < -0.4 is 5.73 Å². The molecule has 0 saturated carbocycles. The van der Waals surface area contributed by atoms with Gasteiger partial charge in [-0.1, -0.05) is 54.1 Å². The van der Waals surface area contributed by atoms with E-state index in [1.807, 2.05) is 42.5 Å². The largest absolute Gasteiger partial charge is 0.401 e. The number of nitrogens with two attached hydrogens (primary N) is 1. The summed E-state index contributed by atoms with van der Waals surface area (Å²) < 4.78 is 0. The van der Waals surface area contributed by atoms with E-state index in [0.29, 0.717) is 22.7 Å². The van der Waals surface area contributed by atoms with Crippen molar-refractivity contribution < 1.29 is 4.79 Å². The van der Waals surface area contributed by atoms with Crippen molar-refractivity contribution in [2.45, 2.75) is 12.3 Å². The number of Topliss-reactive ketones (excluding diaryl/α,β-unsaturated/α-hetero) is 1. The third-order valence-electron chi connectivity index (χ3n) is 3.62. The van der Waals surface area contributed by atoms with Crippen molar-refractivity contribution in [1.29, 1.82) is 0 Å². The first-order chi connectivity index (χ1) is 9.66. The molecule has 2 aromatic carbocycles. The van der Waals surface area contributed by atoms with Crippen LogP contribution in [0.5, 0.6) is 0 Å². The first-order valence-corrected chi connectivity index (χ1v) is 6.88. The van der Waals surface area contributed by atoms with Crippen LogP contribution >= 0.6 is 11.6 Å². The molecule has 0 heterocycles. The highest BCUT2D eigenvalue weighted by Crippen LogP contribution is 2.38. The Labute approximate surface area is 122 Å². The molecule has 0 bridgehead atoms. The highest BCUT2D eigenvalue weighted by atomic mass is 35.5. The average molecular weight is 284 g/mol. The van der Waals surface area contributed by atoms with Crippen LogP contribution in [-0.2, 0) is 4.79 Å². The Balaban J connectivity index is 1.98. The zero-order chi connectivity index (χ0) is 14.1. The number of hydrogen-bond donors (Lipinski definition) is 1. The number of ketones is 1. The van der Waals surface area contributed by atoms with E-state index < -0.39 is 0 Å². The predicted octanol–water partition coefficient (Wildman–Crippen LogP) is 3.77. The van der Waals surface area contributed by atoms with Crippen LogP contribution in [0.1, 0.15) is 23.5 Å². The topological polar surface area (TPSA) is 43.1 Å². The lowest BCUT2D eigenvalue weighted by molar-refractivity contribution is -0.114. The third-order valence-corrected chi connectivity index (χ3v) is 3.86. The average Bonchev–Trinajstić information content (AvgIpc) is 2.75. The zero-order valence-electron chi connectivity index (χ0n) is 10.8. The summed E-state index contributed by atoms with van der Waals surface area (Å²) in [5, 5.41) is 0.610. The van der Waals surface area contributed by atoms with Crippen LogP contribution in [0.25, 0.3) is 5.57 Å². The lowest BCUT2D eigenvalue weighted by Crippen LogP contribution is -2.07. The summed E-state index contributed by atoms with van der Waals surface area (Å²) in [7, 11) is 0. The molecule has 0 fully saturated rings. The standard InChI is InChI=1S/C17H14ClNO/c18-13-8-4-7-12(9-13)16-15(19)10-14(17(16)20)11-5-2-1-3-6-11/h1-9,14H,10,19H2. The van der Waals surface area contributed by atoms with Crippen LogP contribution in [-0.4, -0.2) is 5.78 Å². The van der Waals surface area contributed by atoms with Gasteiger partial charge in [0.05, 0.1) is 5.92 Å². The molecule has 3 heteroatoms. The summed E-state index contributed by atoms with van der Waals surface area (Å²) in [6.45, 7) is 0. The minimum atomic E-state index is -0.176. The fourth-order valence-corrected chi connectivity index (χ4v) is 2.86. The van der Waals surface area contributed by atoms with E-state index in [1.165, 1.54) is 0 Å². The molecule has 20 heavy (non-hydrogen) atoms. The van der Waals surface area contributed by atoms with Gasteiger partial charge in [0.2, 0.25) is 0 Å². The molecular weight excluding hydrogens is 270 g/mol. The van der Waals surface area contributed by atoms with Gasteiger partial charge < -0.3 is 5.73 Å². The Morgan fingerprint density at radius 2 is 1.80 bits per heavy atom. The number of allylic oxidation sites excluding steroid dienone is 2. The smallest absolute Gasteiger partial charge is 0.173 e. The molecular formula is C17H14ClNO. The Kier molecular flexibility index (Phi) is 3.33. The highest BCUT2D eigenvalue weighted by molar-refractivity contribution is 6.31. The molecule has 1 unspecified atom stereocenters. The minimum absolute atomic E-state index is 0.0796. The third kappa shape index (κ3) is 2.23. The molecule has 0 saturated heterocycles. The fourth-order valence-electron chi connectivity index (χ4n) is 2.67. The number of carbonyl (C=O) groups excluding carboxylic acids is 1. The van der Waals surface area contributed by atoms with Crippen molar-refractivity contribution >= 4 is 23.0 Å². The van der Waals surface area contributed by atoms with Gasteiger partial charge in [0.15, 0.2) is 5.78 Å². The van der Waals surface area contributed by atoms with E-state index >= 15 is 0 Å². The molecule has 1 atom stereocenters. The lowest BCUT2D eigenvalue weighted by atomic mass is 9.93. The number of rotatable bonds is 2. The molecule has 3 rings (SSSR count). The molecule has 1 aliphatic rings. The summed E-state index contributed by atoms with van der Waals surface area (Å²) in [4.78, 5) is 12.6. The number of hydrogen-bond acceptors (Lipinski definition) is 2. The molecule has 0 amide bonds. The molecule has 0 aliphatic heterocycles. The number of halogens is 1. The molecule has 2 N–H and O–H groups in total. The Bertz CT molecular complexity index is 691. The maximum absolute atomic E-state index is 12.6. The second-order valence-corrected chi connectivity index (χ2v) is 5.38. The second-order valence-electron chi connectivity index (χ2n) is 4.94. The summed E-state index contributed by atoms with van der Waals surface area (Å²) in [5.41, 5.74) is 9.17. The monoisotopic (exact) mass is 283 g/mol. The normalized spacial score (nSPS) is 18.6. The molecule has 2 nitrogen and oxygen atoms in total. The van der Waals surface area contributed by atoms with Crippen molar-refractivity contribution in [3.05, 3.63) is 76.4 Å². The van der Waals surface area contributed by atoms with Crippen LogP contribution in [0.3, 0.4) is 0 Å². The van der Waals surface area contributed by atoms with Gasteiger partial charge in [-0.25, -0.2) is 0 Å². The predicted molar refractivity (Wildman–Crippen MR) is 81.4 cm³/mol. The Morgan fingerprint density at radius 3 is 2.50 bits per heavy atom. The van der Waals surface area contributed by atoms with Crippen LogP contribution in [0, 0.1) is 0 Å². The maximum Gasteiger partial charge on any atom is 0.173 e. The number of benzene rings is 2. The van der Waals surface area contributed by atoms with Gasteiger partial charge in [-0.05, 0) is 23.3 Å². The Hall–Kier alpha value is -2.06. The summed E-state index contributed by atoms with van der Waals surface area (Å²) in [6.07, 6.45) is 0.574. The van der Waals surface area contributed by atoms with Crippen LogP contribution in [0.15, 0.2) is 60.3 Å². The van der Waals surface area contributed by atoms with E-state index in [9.17, 15) is 4.79 Å². The second kappa shape index (κ2) is 5.14. The quantitative estimate of drug-likeness (QED) is 0.912. The summed E-state index contributed by atoms with van der Waals surface area (Å²) in [5.74, 6) is -0.0962. The van der Waals surface area contributed by atoms with Gasteiger partial charge in [0.1, 0.15) is 0 Å². The van der Waals surface area contributed by atoms with E-state index in [2.05, 4.69) is 0 Å². The molecule has 0 radical (unpaired) electrons. The lowest BCUT2D eigenvalue weighted by Gasteiger charge is -2.09.